The molecule has 21 heavy (non-hydrogen) atoms. The van der Waals surface area contributed by atoms with Gasteiger partial charge in [-0.1, -0.05) is 19.3 Å². The van der Waals surface area contributed by atoms with Crippen molar-refractivity contribution in [2.24, 2.45) is 11.8 Å². The van der Waals surface area contributed by atoms with Crippen molar-refractivity contribution in [3.63, 3.8) is 0 Å². The maximum Gasteiger partial charge on any atom is 0.391 e. The van der Waals surface area contributed by atoms with E-state index in [1.807, 2.05) is 0 Å². The number of hydrogen-bond acceptors (Lipinski definition) is 2. The summed E-state index contributed by atoms with van der Waals surface area (Å²) in [5.41, 5.74) is -0.845. The van der Waals surface area contributed by atoms with Crippen molar-refractivity contribution in [2.75, 3.05) is 13.6 Å². The maximum atomic E-state index is 12.8. The summed E-state index contributed by atoms with van der Waals surface area (Å²) in [4.78, 5) is 13.8. The quantitative estimate of drug-likeness (QED) is 0.870. The number of nitrogens with zero attached hydrogens (tertiary/aromatic N) is 1. The Bertz CT molecular complexity index is 378. The summed E-state index contributed by atoms with van der Waals surface area (Å²) in [6.45, 7) is 0.235. The minimum Gasteiger partial charge on any atom is -0.388 e. The third-order valence-electron chi connectivity index (χ3n) is 4.93. The van der Waals surface area contributed by atoms with E-state index in [1.165, 1.54) is 4.90 Å². The molecule has 0 radical (unpaired) electrons. The third-order valence-corrected chi connectivity index (χ3v) is 4.93. The number of hydrogen-bond donors (Lipinski definition) is 1. The number of carbonyl (C=O) groups excluding carboxylic acids is 1. The molecule has 2 aliphatic carbocycles. The highest BCUT2D eigenvalue weighted by Crippen LogP contribution is 2.40. The van der Waals surface area contributed by atoms with Gasteiger partial charge in [0.25, 0.3) is 0 Å². The summed E-state index contributed by atoms with van der Waals surface area (Å²) in [5.74, 6) is -2.16. The molecule has 0 saturated heterocycles. The Hall–Kier alpha value is -0.780. The molecule has 0 aromatic rings. The van der Waals surface area contributed by atoms with Crippen LogP contribution < -0.4 is 0 Å². The molecule has 2 saturated carbocycles. The average Bonchev–Trinajstić information content (AvgIpc) is 2.83. The first-order chi connectivity index (χ1) is 9.71. The highest BCUT2D eigenvalue weighted by Gasteiger charge is 2.44. The molecule has 0 spiro atoms. The molecule has 0 aliphatic heterocycles. The lowest BCUT2D eigenvalue weighted by molar-refractivity contribution is -0.187. The molecule has 2 atom stereocenters. The van der Waals surface area contributed by atoms with Gasteiger partial charge in [-0.2, -0.15) is 13.2 Å². The van der Waals surface area contributed by atoms with Gasteiger partial charge >= 0.3 is 6.18 Å². The van der Waals surface area contributed by atoms with E-state index >= 15 is 0 Å². The minimum atomic E-state index is -4.21. The molecule has 0 aromatic carbocycles. The molecule has 2 fully saturated rings. The summed E-state index contributed by atoms with van der Waals surface area (Å²) >= 11 is 0. The standard InChI is InChI=1S/C15H24F3NO2/c1-19(10-14(21)7-2-3-8-14)13(20)11-5-4-6-12(9-11)15(16,17)18/h11-12,21H,2-10H2,1H3. The smallest absolute Gasteiger partial charge is 0.388 e. The number of amides is 1. The van der Waals surface area contributed by atoms with Crippen LogP contribution >= 0.6 is 0 Å². The number of aliphatic hydroxyl groups is 1. The number of likely N-dealkylation sites (N-methyl/N-ethyl adjacent to an activating group) is 1. The van der Waals surface area contributed by atoms with Crippen molar-refractivity contribution in [2.45, 2.75) is 63.1 Å². The van der Waals surface area contributed by atoms with Gasteiger partial charge in [0.05, 0.1) is 11.5 Å². The van der Waals surface area contributed by atoms with Crippen LogP contribution in [0.2, 0.25) is 0 Å². The Kier molecular flexibility index (Phi) is 4.85. The topological polar surface area (TPSA) is 40.5 Å². The second-order valence-corrected chi connectivity index (χ2v) is 6.73. The van der Waals surface area contributed by atoms with E-state index in [0.29, 0.717) is 25.7 Å². The summed E-state index contributed by atoms with van der Waals surface area (Å²) in [5, 5.41) is 10.3. The van der Waals surface area contributed by atoms with Crippen LogP contribution in [0, 0.1) is 11.8 Å². The van der Waals surface area contributed by atoms with Gasteiger partial charge < -0.3 is 10.0 Å². The zero-order valence-corrected chi connectivity index (χ0v) is 12.5. The predicted octanol–water partition coefficient (Wildman–Crippen LogP) is 3.12. The predicted molar refractivity (Wildman–Crippen MR) is 72.6 cm³/mol. The van der Waals surface area contributed by atoms with E-state index < -0.39 is 23.6 Å². The lowest BCUT2D eigenvalue weighted by Crippen LogP contribution is -2.45. The molecule has 122 valence electrons. The Morgan fingerprint density at radius 2 is 1.86 bits per heavy atom. The second kappa shape index (κ2) is 6.15. The number of halogens is 3. The Labute approximate surface area is 123 Å². The molecule has 0 aromatic heterocycles. The fraction of sp³-hybridized carbons (Fsp3) is 0.933. The molecule has 0 bridgehead atoms. The van der Waals surface area contributed by atoms with Crippen LogP contribution in [0.4, 0.5) is 13.2 Å². The molecule has 2 unspecified atom stereocenters. The fourth-order valence-corrected chi connectivity index (χ4v) is 3.73. The molecule has 1 amide bonds. The monoisotopic (exact) mass is 307 g/mol. The van der Waals surface area contributed by atoms with Gasteiger partial charge in [0, 0.05) is 19.5 Å². The summed E-state index contributed by atoms with van der Waals surface area (Å²) in [6, 6.07) is 0. The average molecular weight is 307 g/mol. The zero-order chi connectivity index (χ0) is 15.7. The summed E-state index contributed by atoms with van der Waals surface area (Å²) in [6.07, 6.45) is -0.00276. The van der Waals surface area contributed by atoms with Crippen LogP contribution in [0.5, 0.6) is 0 Å². The number of rotatable bonds is 3. The van der Waals surface area contributed by atoms with E-state index in [9.17, 15) is 23.1 Å². The molecule has 1 N–H and O–H groups in total. The first-order valence-corrected chi connectivity index (χ1v) is 7.75. The van der Waals surface area contributed by atoms with Gasteiger partial charge in [-0.15, -0.1) is 0 Å². The SMILES string of the molecule is CN(CC1(O)CCCC1)C(=O)C1CCCC(C(F)(F)F)C1. The van der Waals surface area contributed by atoms with Crippen LogP contribution in [0.15, 0.2) is 0 Å². The first kappa shape index (κ1) is 16.6. The highest BCUT2D eigenvalue weighted by molar-refractivity contribution is 5.78. The molecular weight excluding hydrogens is 283 g/mol. The fourth-order valence-electron chi connectivity index (χ4n) is 3.73. The van der Waals surface area contributed by atoms with Crippen LogP contribution in [-0.4, -0.2) is 41.3 Å². The molecule has 2 aliphatic rings. The Morgan fingerprint density at radius 1 is 1.24 bits per heavy atom. The van der Waals surface area contributed by atoms with Crippen molar-refractivity contribution in [3.05, 3.63) is 0 Å². The van der Waals surface area contributed by atoms with E-state index in [-0.39, 0.29) is 25.3 Å². The van der Waals surface area contributed by atoms with Crippen molar-refractivity contribution in [1.82, 2.24) is 4.90 Å². The first-order valence-electron chi connectivity index (χ1n) is 7.75. The van der Waals surface area contributed by atoms with Crippen LogP contribution in [-0.2, 0) is 4.79 Å². The van der Waals surface area contributed by atoms with Crippen LogP contribution in [0.25, 0.3) is 0 Å². The maximum absolute atomic E-state index is 12.8. The number of carbonyl (C=O) groups is 1. The summed E-state index contributed by atoms with van der Waals surface area (Å²) < 4.78 is 38.4. The van der Waals surface area contributed by atoms with Crippen LogP contribution in [0.3, 0.4) is 0 Å². The Morgan fingerprint density at radius 3 is 2.43 bits per heavy atom. The molecule has 2 rings (SSSR count). The van der Waals surface area contributed by atoms with E-state index in [1.54, 1.807) is 7.05 Å². The molecule has 3 nitrogen and oxygen atoms in total. The van der Waals surface area contributed by atoms with E-state index in [0.717, 1.165) is 12.8 Å². The largest absolute Gasteiger partial charge is 0.391 e. The van der Waals surface area contributed by atoms with Gasteiger partial charge in [-0.3, -0.25) is 4.79 Å². The molecular formula is C15H24F3NO2. The van der Waals surface area contributed by atoms with Gasteiger partial charge in [0.2, 0.25) is 5.91 Å². The van der Waals surface area contributed by atoms with Crippen LogP contribution in [0.1, 0.15) is 51.4 Å². The molecule has 0 heterocycles. The lowest BCUT2D eigenvalue weighted by atomic mass is 9.80. The highest BCUT2D eigenvalue weighted by atomic mass is 19.4. The van der Waals surface area contributed by atoms with Crippen molar-refractivity contribution >= 4 is 5.91 Å². The summed E-state index contributed by atoms with van der Waals surface area (Å²) in [7, 11) is 1.59. The van der Waals surface area contributed by atoms with Crippen molar-refractivity contribution in [3.8, 4) is 0 Å². The minimum absolute atomic E-state index is 0.106. The third kappa shape index (κ3) is 4.11. The van der Waals surface area contributed by atoms with Crippen molar-refractivity contribution < 1.29 is 23.1 Å². The number of alkyl halides is 3. The second-order valence-electron chi connectivity index (χ2n) is 6.73. The zero-order valence-electron chi connectivity index (χ0n) is 12.5. The normalized spacial score (nSPS) is 29.4. The Balaban J connectivity index is 1.92. The van der Waals surface area contributed by atoms with Gasteiger partial charge in [0.1, 0.15) is 0 Å². The van der Waals surface area contributed by atoms with Gasteiger partial charge in [0.15, 0.2) is 0 Å². The van der Waals surface area contributed by atoms with E-state index in [4.69, 9.17) is 0 Å². The van der Waals surface area contributed by atoms with E-state index in [2.05, 4.69) is 0 Å². The van der Waals surface area contributed by atoms with Crippen molar-refractivity contribution in [1.29, 1.82) is 0 Å². The van der Waals surface area contributed by atoms with Gasteiger partial charge in [-0.05, 0) is 32.1 Å². The lowest BCUT2D eigenvalue weighted by Gasteiger charge is -2.34. The van der Waals surface area contributed by atoms with Gasteiger partial charge in [-0.25, -0.2) is 0 Å². The molecule has 6 heteroatoms.